The predicted octanol–water partition coefficient (Wildman–Crippen LogP) is 4.62. The molecule has 1 unspecified atom stereocenters. The average Bonchev–Trinajstić information content (AvgIpc) is 2.81. The fraction of sp³-hybridized carbons (Fsp3) is 0.444. The third-order valence-electron chi connectivity index (χ3n) is 5.64. The van der Waals surface area contributed by atoms with Crippen LogP contribution in [0.25, 0.3) is 0 Å². The summed E-state index contributed by atoms with van der Waals surface area (Å²) in [5.74, 6) is -0.235. The van der Waals surface area contributed by atoms with E-state index in [2.05, 4.69) is 10.6 Å². The lowest BCUT2D eigenvalue weighted by atomic mass is 9.93. The molecular weight excluding hydrogens is 462 g/mol. The highest BCUT2D eigenvalue weighted by Crippen LogP contribution is 2.33. The molecular formula is C27H37N3O6. The summed E-state index contributed by atoms with van der Waals surface area (Å²) in [5, 5.41) is 15.2. The van der Waals surface area contributed by atoms with Crippen molar-refractivity contribution < 1.29 is 29.0 Å². The zero-order chi connectivity index (χ0) is 27.1. The van der Waals surface area contributed by atoms with Gasteiger partial charge in [0.2, 0.25) is 5.91 Å². The third-order valence-corrected chi connectivity index (χ3v) is 5.64. The molecule has 3 N–H and O–H groups in total. The number of phenols is 1. The van der Waals surface area contributed by atoms with Crippen LogP contribution in [0.2, 0.25) is 0 Å². The second-order valence-electron chi connectivity index (χ2n) is 10.00. The van der Waals surface area contributed by atoms with E-state index in [-0.39, 0.29) is 12.3 Å². The number of carbonyl (C=O) groups is 3. The van der Waals surface area contributed by atoms with E-state index in [4.69, 9.17) is 9.47 Å². The number of aromatic hydroxyl groups is 1. The van der Waals surface area contributed by atoms with E-state index in [0.29, 0.717) is 23.4 Å². The van der Waals surface area contributed by atoms with Gasteiger partial charge in [-0.05, 0) is 83.0 Å². The van der Waals surface area contributed by atoms with Crippen molar-refractivity contribution in [3.63, 3.8) is 0 Å². The Morgan fingerprint density at radius 3 is 2.06 bits per heavy atom. The van der Waals surface area contributed by atoms with Crippen LogP contribution in [-0.4, -0.2) is 52.7 Å². The molecule has 0 aliphatic heterocycles. The second kappa shape index (κ2) is 11.8. The number of amides is 3. The Morgan fingerprint density at radius 2 is 1.56 bits per heavy atom. The van der Waals surface area contributed by atoms with Gasteiger partial charge in [0.25, 0.3) is 5.91 Å². The molecule has 3 amide bonds. The molecule has 0 aliphatic carbocycles. The van der Waals surface area contributed by atoms with Crippen molar-refractivity contribution >= 4 is 23.6 Å². The van der Waals surface area contributed by atoms with Crippen LogP contribution in [-0.2, 0) is 14.3 Å². The monoisotopic (exact) mass is 499 g/mol. The summed E-state index contributed by atoms with van der Waals surface area (Å²) in [6.07, 6.45) is -0.191. The Kier molecular flexibility index (Phi) is 9.33. The van der Waals surface area contributed by atoms with Crippen LogP contribution in [0.3, 0.4) is 0 Å². The van der Waals surface area contributed by atoms with Gasteiger partial charge in [0.15, 0.2) is 0 Å². The molecule has 36 heavy (non-hydrogen) atoms. The predicted molar refractivity (Wildman–Crippen MR) is 138 cm³/mol. The minimum absolute atomic E-state index is 0.0345. The molecule has 2 rings (SSSR count). The number of nitrogens with one attached hydrogen (secondary N) is 2. The van der Waals surface area contributed by atoms with Gasteiger partial charge < -0.3 is 30.1 Å². The maximum Gasteiger partial charge on any atom is 0.408 e. The number of rotatable bonds is 9. The number of hydrogen-bond acceptors (Lipinski definition) is 6. The molecule has 196 valence electrons. The molecule has 0 fully saturated rings. The van der Waals surface area contributed by atoms with Crippen molar-refractivity contribution in [1.29, 1.82) is 0 Å². The maximum absolute atomic E-state index is 13.7. The smallest absolute Gasteiger partial charge is 0.408 e. The lowest BCUT2D eigenvalue weighted by Gasteiger charge is -2.43. The number of nitrogens with zero attached hydrogens (tertiary/aromatic N) is 1. The summed E-state index contributed by atoms with van der Waals surface area (Å²) < 4.78 is 10.4. The van der Waals surface area contributed by atoms with E-state index in [1.165, 1.54) is 17.0 Å². The largest absolute Gasteiger partial charge is 0.508 e. The molecule has 9 nitrogen and oxygen atoms in total. The van der Waals surface area contributed by atoms with E-state index < -0.39 is 35.1 Å². The summed E-state index contributed by atoms with van der Waals surface area (Å²) in [6.45, 7) is 10.4. The van der Waals surface area contributed by atoms with Gasteiger partial charge in [0, 0.05) is 11.2 Å². The van der Waals surface area contributed by atoms with E-state index in [0.717, 1.165) is 0 Å². The van der Waals surface area contributed by atoms with Crippen LogP contribution in [0.1, 0.15) is 59.6 Å². The molecule has 1 atom stereocenters. The Labute approximate surface area is 212 Å². The van der Waals surface area contributed by atoms with Gasteiger partial charge >= 0.3 is 6.09 Å². The van der Waals surface area contributed by atoms with Crippen molar-refractivity contribution in [3.05, 3.63) is 54.1 Å². The zero-order valence-corrected chi connectivity index (χ0v) is 22.0. The van der Waals surface area contributed by atoms with Gasteiger partial charge in [-0.1, -0.05) is 19.1 Å². The SMILES string of the molecule is CCC(C)(C)N(C(=O)CNC(=O)OC(C)(C)C)C(C(=O)Nc1ccc(OC)cc1)c1ccc(O)cc1. The summed E-state index contributed by atoms with van der Waals surface area (Å²) >= 11 is 0. The van der Waals surface area contributed by atoms with Gasteiger partial charge in [-0.2, -0.15) is 0 Å². The number of ether oxygens (including phenoxy) is 2. The highest BCUT2D eigenvalue weighted by molar-refractivity contribution is 5.98. The quantitative estimate of drug-likeness (QED) is 0.463. The molecule has 0 saturated carbocycles. The van der Waals surface area contributed by atoms with Crippen LogP contribution in [0, 0.1) is 0 Å². The normalized spacial score (nSPS) is 12.3. The molecule has 2 aromatic carbocycles. The molecule has 0 aromatic heterocycles. The summed E-state index contributed by atoms with van der Waals surface area (Å²) in [7, 11) is 1.55. The van der Waals surface area contributed by atoms with Crippen LogP contribution in [0.4, 0.5) is 10.5 Å². The number of hydrogen-bond donors (Lipinski definition) is 3. The number of phenolic OH excluding ortho intramolecular Hbond substituents is 1. The van der Waals surface area contributed by atoms with Gasteiger partial charge in [-0.15, -0.1) is 0 Å². The van der Waals surface area contributed by atoms with Gasteiger partial charge in [0.1, 0.15) is 29.7 Å². The number of carbonyl (C=O) groups excluding carboxylic acids is 3. The minimum Gasteiger partial charge on any atom is -0.508 e. The van der Waals surface area contributed by atoms with Crippen molar-refractivity contribution in [3.8, 4) is 11.5 Å². The molecule has 2 aromatic rings. The van der Waals surface area contributed by atoms with Crippen LogP contribution < -0.4 is 15.4 Å². The third kappa shape index (κ3) is 7.90. The van der Waals surface area contributed by atoms with Gasteiger partial charge in [0.05, 0.1) is 7.11 Å². The molecule has 0 saturated heterocycles. The molecule has 0 bridgehead atoms. The number of anilines is 1. The Hall–Kier alpha value is -3.75. The maximum atomic E-state index is 13.7. The fourth-order valence-electron chi connectivity index (χ4n) is 3.51. The summed E-state index contributed by atoms with van der Waals surface area (Å²) in [4.78, 5) is 40.9. The molecule has 0 spiro atoms. The van der Waals surface area contributed by atoms with Crippen molar-refractivity contribution in [2.24, 2.45) is 0 Å². The first kappa shape index (κ1) is 28.5. The van der Waals surface area contributed by atoms with Crippen molar-refractivity contribution in [2.45, 2.75) is 65.1 Å². The molecule has 0 heterocycles. The number of alkyl carbamates (subject to hydrolysis) is 1. The highest BCUT2D eigenvalue weighted by Gasteiger charge is 2.40. The second-order valence-corrected chi connectivity index (χ2v) is 10.00. The topological polar surface area (TPSA) is 117 Å². The van der Waals surface area contributed by atoms with Crippen LogP contribution in [0.5, 0.6) is 11.5 Å². The van der Waals surface area contributed by atoms with E-state index in [1.807, 2.05) is 20.8 Å². The Bertz CT molecular complexity index is 1040. The molecule has 9 heteroatoms. The summed E-state index contributed by atoms with van der Waals surface area (Å²) in [5.41, 5.74) is -0.446. The minimum atomic E-state index is -1.05. The first-order valence-corrected chi connectivity index (χ1v) is 11.8. The van der Waals surface area contributed by atoms with Gasteiger partial charge in [-0.3, -0.25) is 9.59 Å². The zero-order valence-electron chi connectivity index (χ0n) is 22.0. The molecule has 0 aliphatic rings. The number of methoxy groups -OCH3 is 1. The number of benzene rings is 2. The van der Waals surface area contributed by atoms with E-state index in [9.17, 15) is 19.5 Å². The Morgan fingerprint density at radius 1 is 0.972 bits per heavy atom. The van der Waals surface area contributed by atoms with E-state index >= 15 is 0 Å². The Balaban J connectivity index is 2.43. The molecule has 0 radical (unpaired) electrons. The van der Waals surface area contributed by atoms with E-state index in [1.54, 1.807) is 64.3 Å². The average molecular weight is 500 g/mol. The standard InChI is InChI=1S/C27H37N3O6/c1-8-27(5,6)30(22(32)17-28-25(34)36-26(2,3)4)23(18-9-13-20(31)14-10-18)24(33)29-19-11-15-21(35-7)16-12-19/h9-16,23,31H,8,17H2,1-7H3,(H,28,34)(H,29,33). The van der Waals surface area contributed by atoms with Crippen LogP contribution >= 0.6 is 0 Å². The summed E-state index contributed by atoms with van der Waals surface area (Å²) in [6, 6.07) is 11.9. The first-order chi connectivity index (χ1) is 16.8. The van der Waals surface area contributed by atoms with Crippen molar-refractivity contribution in [1.82, 2.24) is 10.2 Å². The van der Waals surface area contributed by atoms with Gasteiger partial charge in [-0.25, -0.2) is 4.79 Å². The first-order valence-electron chi connectivity index (χ1n) is 11.8. The highest BCUT2D eigenvalue weighted by atomic mass is 16.6. The lowest BCUT2D eigenvalue weighted by Crippen LogP contribution is -2.55. The van der Waals surface area contributed by atoms with Crippen molar-refractivity contribution in [2.75, 3.05) is 19.0 Å². The fourth-order valence-corrected chi connectivity index (χ4v) is 3.51. The van der Waals surface area contributed by atoms with Crippen LogP contribution in [0.15, 0.2) is 48.5 Å². The lowest BCUT2D eigenvalue weighted by molar-refractivity contribution is -0.145.